The van der Waals surface area contributed by atoms with Crippen LogP contribution in [0.25, 0.3) is 0 Å². The fourth-order valence-corrected chi connectivity index (χ4v) is 1.98. The molecule has 29 heavy (non-hydrogen) atoms. The summed E-state index contributed by atoms with van der Waals surface area (Å²) in [5.41, 5.74) is 1.80. The second-order valence-corrected chi connectivity index (χ2v) is 5.73. The van der Waals surface area contributed by atoms with Crippen LogP contribution >= 0.6 is 0 Å². The summed E-state index contributed by atoms with van der Waals surface area (Å²) in [7, 11) is 0. The predicted octanol–water partition coefficient (Wildman–Crippen LogP) is 3.23. The van der Waals surface area contributed by atoms with E-state index < -0.39 is 11.9 Å². The number of carbonyl (C=O) groups is 2. The molecular weight excluding hydrogens is 366 g/mol. The molecule has 146 valence electrons. The van der Waals surface area contributed by atoms with Gasteiger partial charge in [-0.2, -0.15) is 10.5 Å². The number of benzene rings is 2. The Morgan fingerprint density at radius 1 is 0.862 bits per heavy atom. The molecule has 0 bridgehead atoms. The second-order valence-electron chi connectivity index (χ2n) is 5.73. The Balaban J connectivity index is 0.000000291. The van der Waals surface area contributed by atoms with Crippen molar-refractivity contribution in [3.05, 3.63) is 96.1 Å². The molecule has 2 aromatic rings. The molecular formula is C23H21N3O3. The SMILES string of the molecule is C=C(C#N)C(=O)NCCc1ccccc1.C=C(C#N)C(=O)OCc1ccccc1. The average Bonchev–Trinajstić information content (AvgIpc) is 2.78. The number of ether oxygens (including phenoxy) is 1. The molecule has 0 fully saturated rings. The van der Waals surface area contributed by atoms with E-state index in [4.69, 9.17) is 15.3 Å². The third-order valence-electron chi connectivity index (χ3n) is 3.55. The molecule has 1 amide bonds. The molecule has 0 unspecified atom stereocenters. The maximum atomic E-state index is 11.1. The van der Waals surface area contributed by atoms with E-state index >= 15 is 0 Å². The second kappa shape index (κ2) is 13.1. The molecule has 6 heteroatoms. The number of hydrogen-bond acceptors (Lipinski definition) is 5. The van der Waals surface area contributed by atoms with Gasteiger partial charge in [-0.1, -0.05) is 73.8 Å². The van der Waals surface area contributed by atoms with Crippen LogP contribution < -0.4 is 5.32 Å². The first-order chi connectivity index (χ1) is 14.0. The van der Waals surface area contributed by atoms with Crippen LogP contribution in [0.4, 0.5) is 0 Å². The topological polar surface area (TPSA) is 103 Å². The molecule has 1 N–H and O–H groups in total. The Labute approximate surface area is 170 Å². The molecule has 0 saturated carbocycles. The van der Waals surface area contributed by atoms with Crippen molar-refractivity contribution >= 4 is 11.9 Å². The van der Waals surface area contributed by atoms with Crippen LogP contribution in [0.3, 0.4) is 0 Å². The van der Waals surface area contributed by atoms with Crippen molar-refractivity contribution in [3.8, 4) is 12.1 Å². The molecule has 0 aliphatic rings. The van der Waals surface area contributed by atoms with Gasteiger partial charge in [0.25, 0.3) is 5.91 Å². The number of hydrogen-bond donors (Lipinski definition) is 1. The van der Waals surface area contributed by atoms with Gasteiger partial charge < -0.3 is 10.1 Å². The van der Waals surface area contributed by atoms with Gasteiger partial charge in [0, 0.05) is 6.54 Å². The molecule has 6 nitrogen and oxygen atoms in total. The predicted molar refractivity (Wildman–Crippen MR) is 109 cm³/mol. The Morgan fingerprint density at radius 3 is 1.90 bits per heavy atom. The molecule has 0 spiro atoms. The summed E-state index contributed by atoms with van der Waals surface area (Å²) in [6.45, 7) is 7.26. The minimum absolute atomic E-state index is 0.0527. The van der Waals surface area contributed by atoms with E-state index in [2.05, 4.69) is 18.5 Å². The van der Waals surface area contributed by atoms with Crippen molar-refractivity contribution in [1.29, 1.82) is 10.5 Å². The molecule has 0 radical (unpaired) electrons. The van der Waals surface area contributed by atoms with Crippen LogP contribution in [0.15, 0.2) is 85.0 Å². The van der Waals surface area contributed by atoms with Gasteiger partial charge in [-0.15, -0.1) is 0 Å². The Kier molecular flexibility index (Phi) is 10.3. The first kappa shape index (κ1) is 22.9. The van der Waals surface area contributed by atoms with Crippen LogP contribution in [0.1, 0.15) is 11.1 Å². The zero-order valence-corrected chi connectivity index (χ0v) is 15.9. The Morgan fingerprint density at radius 2 is 1.38 bits per heavy atom. The molecule has 0 atom stereocenters. The van der Waals surface area contributed by atoms with Gasteiger partial charge in [0.05, 0.1) is 0 Å². The number of rotatable bonds is 7. The van der Waals surface area contributed by atoms with Crippen LogP contribution in [0, 0.1) is 22.7 Å². The van der Waals surface area contributed by atoms with Crippen molar-refractivity contribution in [2.75, 3.05) is 6.54 Å². The third-order valence-corrected chi connectivity index (χ3v) is 3.55. The number of amides is 1. The summed E-state index contributed by atoms with van der Waals surface area (Å²) in [6.07, 6.45) is 0.755. The smallest absolute Gasteiger partial charge is 0.348 e. The Hall–Kier alpha value is -4.16. The molecule has 0 aliphatic carbocycles. The highest BCUT2D eigenvalue weighted by Crippen LogP contribution is 2.02. The van der Waals surface area contributed by atoms with Crippen LogP contribution in [-0.4, -0.2) is 18.4 Å². The fraction of sp³-hybridized carbons (Fsp3) is 0.130. The molecule has 2 rings (SSSR count). The fourth-order valence-electron chi connectivity index (χ4n) is 1.98. The number of nitriles is 2. The summed E-state index contributed by atoms with van der Waals surface area (Å²) < 4.78 is 4.82. The van der Waals surface area contributed by atoms with E-state index in [9.17, 15) is 9.59 Å². The summed E-state index contributed by atoms with van der Waals surface area (Å²) in [6, 6.07) is 22.4. The highest BCUT2D eigenvalue weighted by molar-refractivity contribution is 5.96. The van der Waals surface area contributed by atoms with Crippen LogP contribution in [0.2, 0.25) is 0 Å². The highest BCUT2D eigenvalue weighted by atomic mass is 16.5. The van der Waals surface area contributed by atoms with Crippen molar-refractivity contribution in [3.63, 3.8) is 0 Å². The number of nitrogens with zero attached hydrogens (tertiary/aromatic N) is 2. The van der Waals surface area contributed by atoms with E-state index in [0.29, 0.717) is 6.54 Å². The molecule has 0 saturated heterocycles. The lowest BCUT2D eigenvalue weighted by atomic mass is 10.1. The number of esters is 1. The third kappa shape index (κ3) is 9.37. The van der Waals surface area contributed by atoms with Crippen LogP contribution in [-0.2, 0) is 27.4 Å². The van der Waals surface area contributed by atoms with Gasteiger partial charge in [-0.05, 0) is 17.5 Å². The van der Waals surface area contributed by atoms with E-state index in [1.165, 1.54) is 0 Å². The maximum absolute atomic E-state index is 11.1. The van der Waals surface area contributed by atoms with Crippen molar-refractivity contribution in [2.24, 2.45) is 0 Å². The largest absolute Gasteiger partial charge is 0.457 e. The quantitative estimate of drug-likeness (QED) is 0.446. The van der Waals surface area contributed by atoms with Gasteiger partial charge in [-0.25, -0.2) is 4.79 Å². The lowest BCUT2D eigenvalue weighted by Gasteiger charge is -2.03. The van der Waals surface area contributed by atoms with Crippen molar-refractivity contribution in [1.82, 2.24) is 5.32 Å². The summed E-state index contributed by atoms with van der Waals surface area (Å²) in [4.78, 5) is 22.1. The van der Waals surface area contributed by atoms with Gasteiger partial charge in [0.15, 0.2) is 0 Å². The first-order valence-electron chi connectivity index (χ1n) is 8.69. The summed E-state index contributed by atoms with van der Waals surface area (Å²) >= 11 is 0. The summed E-state index contributed by atoms with van der Waals surface area (Å²) in [5.74, 6) is -1.07. The van der Waals surface area contributed by atoms with Crippen LogP contribution in [0.5, 0.6) is 0 Å². The Bertz CT molecular complexity index is 923. The monoisotopic (exact) mass is 387 g/mol. The van der Waals surface area contributed by atoms with E-state index in [1.807, 2.05) is 60.7 Å². The van der Waals surface area contributed by atoms with Crippen molar-refractivity contribution in [2.45, 2.75) is 13.0 Å². The average molecular weight is 387 g/mol. The lowest BCUT2D eigenvalue weighted by Crippen LogP contribution is -2.26. The zero-order valence-electron chi connectivity index (χ0n) is 15.9. The van der Waals surface area contributed by atoms with E-state index in [-0.39, 0.29) is 17.8 Å². The zero-order chi connectivity index (χ0) is 21.5. The van der Waals surface area contributed by atoms with E-state index in [1.54, 1.807) is 12.1 Å². The summed E-state index contributed by atoms with van der Waals surface area (Å²) in [5, 5.41) is 19.4. The van der Waals surface area contributed by atoms with Gasteiger partial charge in [0.2, 0.25) is 0 Å². The lowest BCUT2D eigenvalue weighted by molar-refractivity contribution is -0.139. The van der Waals surface area contributed by atoms with Gasteiger partial charge in [-0.3, -0.25) is 4.79 Å². The minimum atomic E-state index is -0.670. The van der Waals surface area contributed by atoms with E-state index in [0.717, 1.165) is 17.5 Å². The standard InChI is InChI=1S/C12H12N2O.C11H9NO2/c1-10(9-13)12(15)14-8-7-11-5-3-2-4-6-11;1-9(7-12)11(13)14-8-10-5-3-2-4-6-10/h2-6H,1,7-8H2,(H,14,15);2-6H,1,8H2. The molecule has 2 aromatic carbocycles. The van der Waals surface area contributed by atoms with Gasteiger partial charge >= 0.3 is 5.97 Å². The normalized spacial score (nSPS) is 8.90. The number of carbonyl (C=O) groups excluding carboxylic acids is 2. The number of nitrogens with one attached hydrogen (secondary N) is 1. The van der Waals surface area contributed by atoms with Crippen molar-refractivity contribution < 1.29 is 14.3 Å². The molecule has 0 heterocycles. The molecule has 0 aromatic heterocycles. The first-order valence-corrected chi connectivity index (χ1v) is 8.69. The van der Waals surface area contributed by atoms with Gasteiger partial charge in [0.1, 0.15) is 29.9 Å². The minimum Gasteiger partial charge on any atom is -0.457 e. The molecule has 0 aliphatic heterocycles. The maximum Gasteiger partial charge on any atom is 0.348 e. The highest BCUT2D eigenvalue weighted by Gasteiger charge is 2.06.